The van der Waals surface area contributed by atoms with Crippen molar-refractivity contribution in [2.45, 2.75) is 25.8 Å². The number of carbonyl (C=O) groups is 2. The van der Waals surface area contributed by atoms with Gasteiger partial charge in [0, 0.05) is 19.6 Å². The Kier molecular flexibility index (Phi) is 4.08. The van der Waals surface area contributed by atoms with E-state index in [9.17, 15) is 9.59 Å². The molecule has 1 saturated heterocycles. The summed E-state index contributed by atoms with van der Waals surface area (Å²) in [5, 5.41) is 8.54. The molecule has 0 aliphatic carbocycles. The average Bonchev–Trinajstić information content (AvgIpc) is 2.63. The standard InChI is InChI=1S/C10H18N2O3/c1-3-12-6-4-5-8(12)7-11(2)9(13)10(14)15/h8H,3-7H2,1-2H3,(H,14,15). The third kappa shape index (κ3) is 2.92. The van der Waals surface area contributed by atoms with E-state index in [1.54, 1.807) is 7.05 Å². The van der Waals surface area contributed by atoms with Crippen molar-refractivity contribution < 1.29 is 14.7 Å². The van der Waals surface area contributed by atoms with E-state index in [-0.39, 0.29) is 0 Å². The van der Waals surface area contributed by atoms with E-state index < -0.39 is 11.9 Å². The molecular formula is C10H18N2O3. The van der Waals surface area contributed by atoms with Crippen molar-refractivity contribution >= 4 is 11.9 Å². The molecule has 0 spiro atoms. The number of likely N-dealkylation sites (N-methyl/N-ethyl adjacent to an activating group) is 2. The number of carboxylic acids is 1. The molecule has 0 aromatic carbocycles. The quantitative estimate of drug-likeness (QED) is 0.672. The van der Waals surface area contributed by atoms with Crippen LogP contribution in [0.2, 0.25) is 0 Å². The maximum absolute atomic E-state index is 11.1. The first-order chi connectivity index (χ1) is 7.06. The predicted molar refractivity (Wildman–Crippen MR) is 55.5 cm³/mol. The molecule has 0 aromatic rings. The average molecular weight is 214 g/mol. The summed E-state index contributed by atoms with van der Waals surface area (Å²) < 4.78 is 0. The lowest BCUT2D eigenvalue weighted by Crippen LogP contribution is -2.43. The molecule has 1 heterocycles. The molecule has 1 fully saturated rings. The number of likely N-dealkylation sites (tertiary alicyclic amines) is 1. The Bertz CT molecular complexity index is 255. The third-order valence-corrected chi connectivity index (χ3v) is 2.92. The maximum Gasteiger partial charge on any atom is 0.394 e. The van der Waals surface area contributed by atoms with Crippen molar-refractivity contribution in [2.75, 3.05) is 26.7 Å². The van der Waals surface area contributed by atoms with E-state index in [0.717, 1.165) is 25.9 Å². The molecule has 1 atom stereocenters. The zero-order valence-electron chi connectivity index (χ0n) is 9.27. The van der Waals surface area contributed by atoms with Crippen molar-refractivity contribution in [3.8, 4) is 0 Å². The van der Waals surface area contributed by atoms with E-state index in [4.69, 9.17) is 5.11 Å². The fourth-order valence-electron chi connectivity index (χ4n) is 2.08. The van der Waals surface area contributed by atoms with Gasteiger partial charge in [0.2, 0.25) is 0 Å². The van der Waals surface area contributed by atoms with Gasteiger partial charge in [-0.1, -0.05) is 6.92 Å². The molecule has 0 bridgehead atoms. The van der Waals surface area contributed by atoms with Gasteiger partial charge in [-0.3, -0.25) is 9.69 Å². The number of rotatable bonds is 3. The van der Waals surface area contributed by atoms with E-state index in [1.165, 1.54) is 4.90 Å². The topological polar surface area (TPSA) is 60.9 Å². The van der Waals surface area contributed by atoms with Crippen LogP contribution in [0.4, 0.5) is 0 Å². The lowest BCUT2D eigenvalue weighted by atomic mass is 10.2. The molecule has 0 aromatic heterocycles. The zero-order valence-corrected chi connectivity index (χ0v) is 9.27. The lowest BCUT2D eigenvalue weighted by Gasteiger charge is -2.26. The Balaban J connectivity index is 2.47. The largest absolute Gasteiger partial charge is 0.474 e. The molecule has 5 nitrogen and oxygen atoms in total. The molecule has 1 aliphatic heterocycles. The highest BCUT2D eigenvalue weighted by Crippen LogP contribution is 2.17. The summed E-state index contributed by atoms with van der Waals surface area (Å²) in [6.07, 6.45) is 2.18. The number of nitrogens with zero attached hydrogens (tertiary/aromatic N) is 2. The number of carboxylic acid groups (broad SMARTS) is 1. The predicted octanol–water partition coefficient (Wildman–Crippen LogP) is 0.0137. The molecule has 15 heavy (non-hydrogen) atoms. The van der Waals surface area contributed by atoms with Crippen LogP contribution < -0.4 is 0 Å². The Labute approximate surface area is 89.7 Å². The Morgan fingerprint density at radius 2 is 2.20 bits per heavy atom. The molecule has 1 aliphatic rings. The zero-order chi connectivity index (χ0) is 11.4. The summed E-state index contributed by atoms with van der Waals surface area (Å²) >= 11 is 0. The first-order valence-electron chi connectivity index (χ1n) is 5.28. The summed E-state index contributed by atoms with van der Waals surface area (Å²) in [4.78, 5) is 25.2. The molecule has 0 radical (unpaired) electrons. The highest BCUT2D eigenvalue weighted by molar-refractivity contribution is 6.31. The number of hydrogen-bond donors (Lipinski definition) is 1. The van der Waals surface area contributed by atoms with Gasteiger partial charge < -0.3 is 10.0 Å². The van der Waals surface area contributed by atoms with Gasteiger partial charge in [0.15, 0.2) is 0 Å². The minimum absolute atomic E-state index is 0.322. The van der Waals surface area contributed by atoms with E-state index in [1.807, 2.05) is 0 Å². The molecule has 1 rings (SSSR count). The van der Waals surface area contributed by atoms with Crippen molar-refractivity contribution in [2.24, 2.45) is 0 Å². The van der Waals surface area contributed by atoms with Gasteiger partial charge in [-0.15, -0.1) is 0 Å². The second-order valence-electron chi connectivity index (χ2n) is 3.92. The molecule has 1 amide bonds. The van der Waals surface area contributed by atoms with Gasteiger partial charge in [-0.25, -0.2) is 4.79 Å². The van der Waals surface area contributed by atoms with Crippen LogP contribution in [0.1, 0.15) is 19.8 Å². The van der Waals surface area contributed by atoms with Crippen molar-refractivity contribution in [3.63, 3.8) is 0 Å². The molecule has 0 saturated carbocycles. The second kappa shape index (κ2) is 5.11. The van der Waals surface area contributed by atoms with E-state index in [0.29, 0.717) is 12.6 Å². The molecule has 5 heteroatoms. The van der Waals surface area contributed by atoms with Gasteiger partial charge in [0.1, 0.15) is 0 Å². The van der Waals surface area contributed by atoms with Crippen molar-refractivity contribution in [1.29, 1.82) is 0 Å². The van der Waals surface area contributed by atoms with Crippen LogP contribution in [0.3, 0.4) is 0 Å². The first kappa shape index (κ1) is 12.0. The Hall–Kier alpha value is -1.10. The summed E-state index contributed by atoms with van der Waals surface area (Å²) in [6, 6.07) is 0.322. The SMILES string of the molecule is CCN1CCCC1CN(C)C(=O)C(=O)O. The van der Waals surface area contributed by atoms with Crippen LogP contribution in [-0.2, 0) is 9.59 Å². The van der Waals surface area contributed by atoms with Gasteiger partial charge >= 0.3 is 11.9 Å². The summed E-state index contributed by atoms with van der Waals surface area (Å²) in [5.74, 6) is -2.20. The monoisotopic (exact) mass is 214 g/mol. The summed E-state index contributed by atoms with van der Waals surface area (Å²) in [5.41, 5.74) is 0. The fraction of sp³-hybridized carbons (Fsp3) is 0.800. The highest BCUT2D eigenvalue weighted by Gasteiger charge is 2.27. The van der Waals surface area contributed by atoms with E-state index in [2.05, 4.69) is 11.8 Å². The first-order valence-corrected chi connectivity index (χ1v) is 5.28. The highest BCUT2D eigenvalue weighted by atomic mass is 16.4. The molecule has 86 valence electrons. The fourth-order valence-corrected chi connectivity index (χ4v) is 2.08. The van der Waals surface area contributed by atoms with Crippen LogP contribution in [0.15, 0.2) is 0 Å². The normalized spacial score (nSPS) is 21.6. The van der Waals surface area contributed by atoms with Crippen LogP contribution in [0.25, 0.3) is 0 Å². The van der Waals surface area contributed by atoms with Crippen LogP contribution in [0.5, 0.6) is 0 Å². The van der Waals surface area contributed by atoms with Gasteiger partial charge in [-0.2, -0.15) is 0 Å². The van der Waals surface area contributed by atoms with Crippen molar-refractivity contribution in [3.05, 3.63) is 0 Å². The van der Waals surface area contributed by atoms with Gasteiger partial charge in [0.05, 0.1) is 0 Å². The third-order valence-electron chi connectivity index (χ3n) is 2.92. The van der Waals surface area contributed by atoms with Crippen LogP contribution in [-0.4, -0.2) is 59.5 Å². The summed E-state index contributed by atoms with van der Waals surface area (Å²) in [6.45, 7) is 4.60. The van der Waals surface area contributed by atoms with Crippen LogP contribution in [0, 0.1) is 0 Å². The van der Waals surface area contributed by atoms with Crippen molar-refractivity contribution in [1.82, 2.24) is 9.80 Å². The number of hydrogen-bond acceptors (Lipinski definition) is 3. The maximum atomic E-state index is 11.1. The van der Waals surface area contributed by atoms with E-state index >= 15 is 0 Å². The summed E-state index contributed by atoms with van der Waals surface area (Å²) in [7, 11) is 1.54. The Morgan fingerprint density at radius 3 is 2.73 bits per heavy atom. The Morgan fingerprint density at radius 1 is 1.53 bits per heavy atom. The van der Waals surface area contributed by atoms with Gasteiger partial charge in [0.25, 0.3) is 0 Å². The minimum Gasteiger partial charge on any atom is -0.474 e. The number of amides is 1. The molecule has 1 N–H and O–H groups in total. The number of carbonyl (C=O) groups excluding carboxylic acids is 1. The van der Waals surface area contributed by atoms with Crippen LogP contribution >= 0.6 is 0 Å². The minimum atomic E-state index is -1.38. The smallest absolute Gasteiger partial charge is 0.394 e. The molecule has 1 unspecified atom stereocenters. The molecular weight excluding hydrogens is 196 g/mol. The lowest BCUT2D eigenvalue weighted by molar-refractivity contribution is -0.155. The number of aliphatic carboxylic acids is 1. The second-order valence-corrected chi connectivity index (χ2v) is 3.92. The van der Waals surface area contributed by atoms with Gasteiger partial charge in [-0.05, 0) is 25.9 Å².